The Morgan fingerprint density at radius 1 is 1.15 bits per heavy atom. The summed E-state index contributed by atoms with van der Waals surface area (Å²) in [7, 11) is 0. The van der Waals surface area contributed by atoms with E-state index in [1.807, 2.05) is 0 Å². The first-order valence-corrected chi connectivity index (χ1v) is 9.69. The zero-order valence-electron chi connectivity index (χ0n) is 13.8. The Morgan fingerprint density at radius 2 is 1.81 bits per heavy atom. The number of rotatable bonds is 5. The van der Waals surface area contributed by atoms with Crippen molar-refractivity contribution in [2.45, 2.75) is 0 Å². The quantitative estimate of drug-likeness (QED) is 0.452. The second kappa shape index (κ2) is 8.85. The molecule has 1 heterocycles. The summed E-state index contributed by atoms with van der Waals surface area (Å²) in [4.78, 5) is 17.1. The van der Waals surface area contributed by atoms with Gasteiger partial charge in [0.25, 0.3) is 5.91 Å². The summed E-state index contributed by atoms with van der Waals surface area (Å²) in [6.45, 7) is 3.88. The molecule has 3 rings (SSSR count). The van der Waals surface area contributed by atoms with Crippen LogP contribution in [0.2, 0.25) is 15.1 Å². The molecule has 0 aromatic heterocycles. The van der Waals surface area contributed by atoms with Crippen LogP contribution in [-0.4, -0.2) is 17.7 Å². The van der Waals surface area contributed by atoms with Crippen LogP contribution in [0.4, 0.5) is 5.69 Å². The van der Waals surface area contributed by atoms with E-state index in [1.165, 1.54) is 11.8 Å². The van der Waals surface area contributed by atoms with Gasteiger partial charge in [-0.2, -0.15) is 0 Å². The number of halogens is 3. The lowest BCUT2D eigenvalue weighted by atomic mass is 10.2. The summed E-state index contributed by atoms with van der Waals surface area (Å²) in [6.07, 6.45) is 3.29. The highest BCUT2D eigenvalue weighted by Gasteiger charge is 2.24. The molecule has 0 saturated carbocycles. The van der Waals surface area contributed by atoms with Crippen molar-refractivity contribution < 1.29 is 9.53 Å². The maximum Gasteiger partial charge on any atom is 0.264 e. The molecule has 8 heteroatoms. The molecule has 0 unspecified atom stereocenters. The standard InChI is InChI=1S/C19H13Cl3N2O2S/c1-2-7-26-17-14(21)8-11(9-15(17)22)10-16-18(25)24-19(27-16)23-13-5-3-12(20)4-6-13/h2-6,8-10H,1,7H2,(H,23,24,25)/b16-10-. The Hall–Kier alpha value is -1.92. The van der Waals surface area contributed by atoms with Gasteiger partial charge in [-0.1, -0.05) is 47.5 Å². The minimum atomic E-state index is -0.244. The van der Waals surface area contributed by atoms with Crippen LogP contribution in [0.1, 0.15) is 5.56 Å². The number of hydrogen-bond acceptors (Lipinski definition) is 4. The average Bonchev–Trinajstić information content (AvgIpc) is 2.95. The molecule has 0 bridgehead atoms. The van der Waals surface area contributed by atoms with Gasteiger partial charge in [-0.15, -0.1) is 0 Å². The van der Waals surface area contributed by atoms with Crippen LogP contribution < -0.4 is 10.1 Å². The van der Waals surface area contributed by atoms with Gasteiger partial charge in [0.15, 0.2) is 10.9 Å². The number of carbonyl (C=O) groups excluding carboxylic acids is 1. The lowest BCUT2D eigenvalue weighted by Gasteiger charge is -2.09. The van der Waals surface area contributed by atoms with E-state index in [0.717, 1.165) is 0 Å². The molecule has 0 radical (unpaired) electrons. The van der Waals surface area contributed by atoms with E-state index in [-0.39, 0.29) is 5.91 Å². The number of carbonyl (C=O) groups is 1. The molecule has 1 N–H and O–H groups in total. The molecule has 138 valence electrons. The maximum absolute atomic E-state index is 12.2. The number of nitrogens with zero attached hydrogens (tertiary/aromatic N) is 1. The number of ether oxygens (including phenoxy) is 1. The second-order valence-corrected chi connectivity index (χ2v) is 7.65. The van der Waals surface area contributed by atoms with Crippen molar-refractivity contribution in [2.24, 2.45) is 4.99 Å². The molecule has 1 fully saturated rings. The molecular formula is C19H13Cl3N2O2S. The summed E-state index contributed by atoms with van der Waals surface area (Å²) >= 11 is 19.5. The third-order valence-corrected chi connectivity index (χ3v) is 5.10. The molecule has 0 spiro atoms. The molecule has 0 atom stereocenters. The largest absolute Gasteiger partial charge is 0.486 e. The number of benzene rings is 2. The lowest BCUT2D eigenvalue weighted by molar-refractivity contribution is -0.115. The minimum Gasteiger partial charge on any atom is -0.486 e. The van der Waals surface area contributed by atoms with E-state index in [4.69, 9.17) is 39.5 Å². The molecule has 4 nitrogen and oxygen atoms in total. The van der Waals surface area contributed by atoms with Crippen molar-refractivity contribution >= 4 is 69.4 Å². The van der Waals surface area contributed by atoms with E-state index >= 15 is 0 Å². The van der Waals surface area contributed by atoms with Gasteiger partial charge in [-0.3, -0.25) is 4.79 Å². The molecule has 0 aliphatic carbocycles. The second-order valence-electron chi connectivity index (χ2n) is 5.37. The van der Waals surface area contributed by atoms with Crippen molar-refractivity contribution in [3.8, 4) is 5.75 Å². The van der Waals surface area contributed by atoms with Crippen LogP contribution in [-0.2, 0) is 4.79 Å². The minimum absolute atomic E-state index is 0.244. The van der Waals surface area contributed by atoms with Crippen molar-refractivity contribution in [1.82, 2.24) is 5.32 Å². The van der Waals surface area contributed by atoms with Gasteiger partial charge in [0.2, 0.25) is 0 Å². The molecule has 27 heavy (non-hydrogen) atoms. The summed E-state index contributed by atoms with van der Waals surface area (Å²) in [5.41, 5.74) is 1.37. The molecule has 1 saturated heterocycles. The highest BCUT2D eigenvalue weighted by atomic mass is 35.5. The first-order valence-electron chi connectivity index (χ1n) is 7.74. The van der Waals surface area contributed by atoms with E-state index in [9.17, 15) is 4.79 Å². The Labute approximate surface area is 175 Å². The van der Waals surface area contributed by atoms with E-state index in [2.05, 4.69) is 16.9 Å². The number of amidine groups is 1. The zero-order valence-corrected chi connectivity index (χ0v) is 16.9. The predicted molar refractivity (Wildman–Crippen MR) is 114 cm³/mol. The number of amides is 1. The number of thioether (sulfide) groups is 1. The maximum atomic E-state index is 12.2. The average molecular weight is 440 g/mol. The Morgan fingerprint density at radius 3 is 2.44 bits per heavy atom. The lowest BCUT2D eigenvalue weighted by Crippen LogP contribution is -2.19. The molecule has 1 amide bonds. The molecular weight excluding hydrogens is 427 g/mol. The summed E-state index contributed by atoms with van der Waals surface area (Å²) < 4.78 is 5.44. The van der Waals surface area contributed by atoms with Crippen LogP contribution >= 0.6 is 46.6 Å². The van der Waals surface area contributed by atoms with Crippen molar-refractivity contribution in [1.29, 1.82) is 0 Å². The van der Waals surface area contributed by atoms with Gasteiger partial charge in [0.1, 0.15) is 6.61 Å². The number of hydrogen-bond donors (Lipinski definition) is 1. The van der Waals surface area contributed by atoms with Gasteiger partial charge >= 0.3 is 0 Å². The highest BCUT2D eigenvalue weighted by molar-refractivity contribution is 8.18. The van der Waals surface area contributed by atoms with Crippen molar-refractivity contribution in [3.05, 3.63) is 74.6 Å². The van der Waals surface area contributed by atoms with Crippen molar-refractivity contribution in [2.75, 3.05) is 6.61 Å². The van der Waals surface area contributed by atoms with Crippen LogP contribution in [0, 0.1) is 0 Å². The van der Waals surface area contributed by atoms with Gasteiger partial charge in [-0.05, 0) is 59.8 Å². The van der Waals surface area contributed by atoms with E-state index < -0.39 is 0 Å². The number of nitrogens with one attached hydrogen (secondary N) is 1. The fourth-order valence-corrected chi connectivity index (χ4v) is 3.79. The highest BCUT2D eigenvalue weighted by Crippen LogP contribution is 2.36. The van der Waals surface area contributed by atoms with Gasteiger partial charge in [0.05, 0.1) is 20.6 Å². The van der Waals surface area contributed by atoms with Crippen LogP contribution in [0.5, 0.6) is 5.75 Å². The van der Waals surface area contributed by atoms with E-state index in [1.54, 1.807) is 48.6 Å². The Kier molecular flexibility index (Phi) is 6.50. The summed E-state index contributed by atoms with van der Waals surface area (Å²) in [5.74, 6) is 0.140. The van der Waals surface area contributed by atoms with Crippen LogP contribution in [0.25, 0.3) is 6.08 Å². The molecule has 1 aliphatic rings. The van der Waals surface area contributed by atoms with Gasteiger partial charge in [-0.25, -0.2) is 4.99 Å². The first kappa shape index (κ1) is 19.8. The van der Waals surface area contributed by atoms with Crippen LogP contribution in [0.15, 0.2) is 59.0 Å². The van der Waals surface area contributed by atoms with Gasteiger partial charge < -0.3 is 10.1 Å². The Bertz CT molecular complexity index is 933. The third-order valence-electron chi connectivity index (χ3n) is 3.37. The third kappa shape index (κ3) is 5.08. The normalized spacial score (nSPS) is 16.6. The molecule has 2 aromatic rings. The molecule has 2 aromatic carbocycles. The Balaban J connectivity index is 1.82. The topological polar surface area (TPSA) is 50.7 Å². The fourth-order valence-electron chi connectivity index (χ4n) is 2.21. The SMILES string of the molecule is C=CCOc1c(Cl)cc(/C=C2\SC(=Nc3ccc(Cl)cc3)NC2=O)cc1Cl. The van der Waals surface area contributed by atoms with Crippen molar-refractivity contribution in [3.63, 3.8) is 0 Å². The predicted octanol–water partition coefficient (Wildman–Crippen LogP) is 6.10. The fraction of sp³-hybridized carbons (Fsp3) is 0.0526. The monoisotopic (exact) mass is 438 g/mol. The molecule has 1 aliphatic heterocycles. The summed E-state index contributed by atoms with van der Waals surface area (Å²) in [6, 6.07) is 10.4. The summed E-state index contributed by atoms with van der Waals surface area (Å²) in [5, 5.41) is 4.54. The smallest absolute Gasteiger partial charge is 0.264 e. The van der Waals surface area contributed by atoms with E-state index in [0.29, 0.717) is 48.7 Å². The number of aliphatic imine (C=N–C) groups is 1. The zero-order chi connectivity index (χ0) is 19.4. The first-order chi connectivity index (χ1) is 13.0. The van der Waals surface area contributed by atoms with Gasteiger partial charge in [0, 0.05) is 5.02 Å². The van der Waals surface area contributed by atoms with Crippen LogP contribution in [0.3, 0.4) is 0 Å².